The van der Waals surface area contributed by atoms with Gasteiger partial charge >= 0.3 is 0 Å². The molecule has 1 aliphatic heterocycles. The molecule has 1 heterocycles. The van der Waals surface area contributed by atoms with Gasteiger partial charge in [-0.2, -0.15) is 0 Å². The lowest BCUT2D eigenvalue weighted by atomic mass is 10.1. The second-order valence-corrected chi connectivity index (χ2v) is 5.01. The van der Waals surface area contributed by atoms with Crippen molar-refractivity contribution in [1.82, 2.24) is 9.80 Å². The maximum Gasteiger partial charge on any atom is 0.254 e. The summed E-state index contributed by atoms with van der Waals surface area (Å²) >= 11 is 0. The molecule has 1 aromatic carbocycles. The molecule has 1 N–H and O–H groups in total. The number of nitrogens with zero attached hydrogens (tertiary/aromatic N) is 2. The van der Waals surface area contributed by atoms with E-state index in [2.05, 4.69) is 0 Å². The number of carbonyl (C=O) groups excluding carboxylic acids is 2. The molecular formula is C15H20N2O3. The maximum absolute atomic E-state index is 12.4. The first-order valence-corrected chi connectivity index (χ1v) is 6.87. The Morgan fingerprint density at radius 1 is 1.35 bits per heavy atom. The van der Waals surface area contributed by atoms with Crippen molar-refractivity contribution in [2.45, 2.75) is 18.9 Å². The van der Waals surface area contributed by atoms with Crippen molar-refractivity contribution >= 4 is 11.8 Å². The van der Waals surface area contributed by atoms with E-state index < -0.39 is 6.04 Å². The molecule has 108 valence electrons. The Morgan fingerprint density at radius 3 is 2.70 bits per heavy atom. The van der Waals surface area contributed by atoms with Gasteiger partial charge in [-0.3, -0.25) is 9.59 Å². The van der Waals surface area contributed by atoms with Gasteiger partial charge in [0.25, 0.3) is 5.91 Å². The average Bonchev–Trinajstić information content (AvgIpc) is 2.96. The predicted molar refractivity (Wildman–Crippen MR) is 75.2 cm³/mol. The number of likely N-dealkylation sites (N-methyl/N-ethyl adjacent to an activating group) is 1. The average molecular weight is 276 g/mol. The van der Waals surface area contributed by atoms with Gasteiger partial charge in [0, 0.05) is 25.7 Å². The number of aliphatic hydroxyl groups excluding tert-OH is 1. The molecule has 1 aliphatic rings. The van der Waals surface area contributed by atoms with E-state index in [-0.39, 0.29) is 18.4 Å². The van der Waals surface area contributed by atoms with Crippen molar-refractivity contribution in [3.63, 3.8) is 0 Å². The largest absolute Gasteiger partial charge is 0.395 e. The molecule has 1 atom stereocenters. The zero-order valence-electron chi connectivity index (χ0n) is 11.7. The molecular weight excluding hydrogens is 256 g/mol. The van der Waals surface area contributed by atoms with Gasteiger partial charge in [-0.15, -0.1) is 0 Å². The van der Waals surface area contributed by atoms with E-state index in [0.29, 0.717) is 25.1 Å². The predicted octanol–water partition coefficient (Wildman–Crippen LogP) is 0.742. The van der Waals surface area contributed by atoms with Gasteiger partial charge < -0.3 is 14.9 Å². The molecule has 0 bridgehead atoms. The third kappa shape index (κ3) is 2.99. The zero-order valence-corrected chi connectivity index (χ0v) is 11.7. The van der Waals surface area contributed by atoms with Gasteiger partial charge in [-0.25, -0.2) is 0 Å². The van der Waals surface area contributed by atoms with E-state index >= 15 is 0 Å². The number of amides is 2. The Balaban J connectivity index is 2.11. The van der Waals surface area contributed by atoms with Crippen LogP contribution in [0, 0.1) is 0 Å². The van der Waals surface area contributed by atoms with E-state index in [1.54, 1.807) is 24.1 Å². The normalized spacial score (nSPS) is 18.1. The molecule has 20 heavy (non-hydrogen) atoms. The highest BCUT2D eigenvalue weighted by Crippen LogP contribution is 2.21. The highest BCUT2D eigenvalue weighted by Gasteiger charge is 2.35. The minimum Gasteiger partial charge on any atom is -0.395 e. The van der Waals surface area contributed by atoms with Crippen LogP contribution in [-0.4, -0.2) is 59.5 Å². The van der Waals surface area contributed by atoms with Crippen LogP contribution in [0.1, 0.15) is 23.2 Å². The van der Waals surface area contributed by atoms with Crippen LogP contribution in [0.25, 0.3) is 0 Å². The van der Waals surface area contributed by atoms with Gasteiger partial charge in [0.15, 0.2) is 0 Å². The van der Waals surface area contributed by atoms with Crippen molar-refractivity contribution < 1.29 is 14.7 Å². The number of rotatable bonds is 4. The van der Waals surface area contributed by atoms with Crippen LogP contribution in [0.4, 0.5) is 0 Å². The standard InChI is InChI=1S/C15H20N2O3/c1-16(10-11-18)15(20)13-8-5-9-17(13)14(19)12-6-3-2-4-7-12/h2-4,6-7,13,18H,5,8-11H2,1H3. The van der Waals surface area contributed by atoms with E-state index in [0.717, 1.165) is 6.42 Å². The maximum atomic E-state index is 12.4. The fourth-order valence-electron chi connectivity index (χ4n) is 2.53. The molecule has 0 aliphatic carbocycles. The van der Waals surface area contributed by atoms with Gasteiger partial charge in [-0.1, -0.05) is 18.2 Å². The number of likely N-dealkylation sites (tertiary alicyclic amines) is 1. The summed E-state index contributed by atoms with van der Waals surface area (Å²) in [5.41, 5.74) is 0.608. The molecule has 2 amide bonds. The molecule has 0 radical (unpaired) electrons. The summed E-state index contributed by atoms with van der Waals surface area (Å²) in [5, 5.41) is 8.91. The van der Waals surface area contributed by atoms with E-state index in [4.69, 9.17) is 5.11 Å². The SMILES string of the molecule is CN(CCO)C(=O)C1CCCN1C(=O)c1ccccc1. The Morgan fingerprint density at radius 2 is 2.05 bits per heavy atom. The fourth-order valence-corrected chi connectivity index (χ4v) is 2.53. The lowest BCUT2D eigenvalue weighted by Crippen LogP contribution is -2.47. The molecule has 1 aromatic rings. The van der Waals surface area contributed by atoms with E-state index in [1.165, 1.54) is 4.90 Å². The minimum absolute atomic E-state index is 0.0679. The number of hydrogen-bond acceptors (Lipinski definition) is 3. The first kappa shape index (κ1) is 14.5. The van der Waals surface area contributed by atoms with E-state index in [1.807, 2.05) is 18.2 Å². The topological polar surface area (TPSA) is 60.9 Å². The number of benzene rings is 1. The Hall–Kier alpha value is -1.88. The number of hydrogen-bond donors (Lipinski definition) is 1. The summed E-state index contributed by atoms with van der Waals surface area (Å²) in [7, 11) is 1.65. The summed E-state index contributed by atoms with van der Waals surface area (Å²) in [6, 6.07) is 8.62. The van der Waals surface area contributed by atoms with Crippen molar-refractivity contribution in [2.75, 3.05) is 26.7 Å². The van der Waals surface area contributed by atoms with Gasteiger partial charge in [0.05, 0.1) is 6.61 Å². The molecule has 1 fully saturated rings. The Labute approximate surface area is 118 Å². The zero-order chi connectivity index (χ0) is 14.5. The molecule has 1 saturated heterocycles. The van der Waals surface area contributed by atoms with Crippen molar-refractivity contribution in [2.24, 2.45) is 0 Å². The Bertz CT molecular complexity index is 475. The van der Waals surface area contributed by atoms with Crippen LogP contribution < -0.4 is 0 Å². The summed E-state index contributed by atoms with van der Waals surface area (Å²) in [6.07, 6.45) is 1.52. The Kier molecular flexibility index (Phi) is 4.74. The van der Waals surface area contributed by atoms with Crippen molar-refractivity contribution in [3.8, 4) is 0 Å². The molecule has 5 heteroatoms. The highest BCUT2D eigenvalue weighted by molar-refractivity contribution is 5.97. The monoisotopic (exact) mass is 276 g/mol. The third-order valence-corrected chi connectivity index (χ3v) is 3.63. The lowest BCUT2D eigenvalue weighted by molar-refractivity contribution is -0.134. The quantitative estimate of drug-likeness (QED) is 0.882. The van der Waals surface area contributed by atoms with Crippen LogP contribution in [0.2, 0.25) is 0 Å². The second-order valence-electron chi connectivity index (χ2n) is 5.01. The van der Waals surface area contributed by atoms with Crippen LogP contribution in [0.3, 0.4) is 0 Å². The molecule has 0 spiro atoms. The first-order chi connectivity index (χ1) is 9.65. The van der Waals surface area contributed by atoms with Crippen LogP contribution >= 0.6 is 0 Å². The summed E-state index contributed by atoms with van der Waals surface area (Å²) in [4.78, 5) is 27.9. The van der Waals surface area contributed by atoms with Gasteiger partial charge in [0.1, 0.15) is 6.04 Å². The minimum atomic E-state index is -0.403. The summed E-state index contributed by atoms with van der Waals surface area (Å²) in [6.45, 7) is 0.835. The van der Waals surface area contributed by atoms with E-state index in [9.17, 15) is 9.59 Å². The number of carbonyl (C=O) groups is 2. The lowest BCUT2D eigenvalue weighted by Gasteiger charge is -2.27. The smallest absolute Gasteiger partial charge is 0.254 e. The molecule has 5 nitrogen and oxygen atoms in total. The first-order valence-electron chi connectivity index (χ1n) is 6.87. The third-order valence-electron chi connectivity index (χ3n) is 3.63. The van der Waals surface area contributed by atoms with Gasteiger partial charge in [-0.05, 0) is 25.0 Å². The van der Waals surface area contributed by atoms with Gasteiger partial charge in [0.2, 0.25) is 5.91 Å². The van der Waals surface area contributed by atoms with Crippen molar-refractivity contribution in [1.29, 1.82) is 0 Å². The highest BCUT2D eigenvalue weighted by atomic mass is 16.3. The second kappa shape index (κ2) is 6.52. The molecule has 1 unspecified atom stereocenters. The van der Waals surface area contributed by atoms with Crippen LogP contribution in [0.15, 0.2) is 30.3 Å². The number of aliphatic hydroxyl groups is 1. The summed E-state index contributed by atoms with van der Waals surface area (Å²) < 4.78 is 0. The molecule has 0 aromatic heterocycles. The van der Waals surface area contributed by atoms with Crippen molar-refractivity contribution in [3.05, 3.63) is 35.9 Å². The summed E-state index contributed by atoms with van der Waals surface area (Å²) in [5.74, 6) is -0.195. The molecule has 0 saturated carbocycles. The van der Waals surface area contributed by atoms with Crippen LogP contribution in [-0.2, 0) is 4.79 Å². The molecule has 2 rings (SSSR count). The fraction of sp³-hybridized carbons (Fsp3) is 0.467. The van der Waals surface area contributed by atoms with Crippen LogP contribution in [0.5, 0.6) is 0 Å².